The minimum Gasteiger partial charge on any atom is -0.507 e. The first-order chi connectivity index (χ1) is 15.3. The van der Waals surface area contributed by atoms with E-state index in [0.717, 1.165) is 5.56 Å². The van der Waals surface area contributed by atoms with Gasteiger partial charge in [0.05, 0.1) is 10.5 Å². The summed E-state index contributed by atoms with van der Waals surface area (Å²) in [7, 11) is 0. The van der Waals surface area contributed by atoms with Crippen LogP contribution in [0, 0.1) is 17.0 Å². The maximum Gasteiger partial charge on any atom is 0.269 e. The highest BCUT2D eigenvalue weighted by atomic mass is 32.1. The summed E-state index contributed by atoms with van der Waals surface area (Å²) in [5.74, 6) is -0.307. The number of nitrogens with zero attached hydrogens (tertiary/aromatic N) is 2. The summed E-state index contributed by atoms with van der Waals surface area (Å²) in [4.78, 5) is 26.9. The zero-order chi connectivity index (χ0) is 22.8. The lowest BCUT2D eigenvalue weighted by Gasteiger charge is -2.11. The second-order valence-corrected chi connectivity index (χ2v) is 7.34. The Morgan fingerprint density at radius 2 is 1.88 bits per heavy atom. The van der Waals surface area contributed by atoms with Gasteiger partial charge in [-0.2, -0.15) is 0 Å². The summed E-state index contributed by atoms with van der Waals surface area (Å²) in [6, 6.07) is 15.4. The van der Waals surface area contributed by atoms with Crippen molar-refractivity contribution in [1.82, 2.24) is 10.3 Å². The molecule has 1 aromatic heterocycles. The monoisotopic (exact) mass is 448 g/mol. The predicted molar refractivity (Wildman–Crippen MR) is 123 cm³/mol. The van der Waals surface area contributed by atoms with Crippen molar-refractivity contribution in [2.45, 2.75) is 6.92 Å². The van der Waals surface area contributed by atoms with E-state index in [4.69, 9.17) is 16.6 Å². The lowest BCUT2D eigenvalue weighted by Crippen LogP contribution is -2.34. The lowest BCUT2D eigenvalue weighted by atomic mass is 10.1. The van der Waals surface area contributed by atoms with Gasteiger partial charge in [-0.05, 0) is 67.2 Å². The molecule has 4 aromatic rings. The largest absolute Gasteiger partial charge is 0.507 e. The number of fused-ring (bicyclic) bond motifs is 1. The SMILES string of the molecule is Cc1ccc2oc(-c3cc(NC(=S)NC(=O)c4ccc([N+](=O)[O-])cc4)ccc3O)nc2c1. The van der Waals surface area contributed by atoms with Gasteiger partial charge in [-0.3, -0.25) is 20.2 Å². The molecule has 0 spiro atoms. The zero-order valence-electron chi connectivity index (χ0n) is 16.7. The molecule has 160 valence electrons. The molecule has 0 saturated heterocycles. The summed E-state index contributed by atoms with van der Waals surface area (Å²) in [5, 5.41) is 26.4. The lowest BCUT2D eigenvalue weighted by molar-refractivity contribution is -0.384. The minimum atomic E-state index is -0.547. The van der Waals surface area contributed by atoms with Gasteiger partial charge in [0.25, 0.3) is 11.6 Å². The first kappa shape index (κ1) is 20.9. The number of nitrogens with one attached hydrogen (secondary N) is 2. The van der Waals surface area contributed by atoms with Gasteiger partial charge in [0.1, 0.15) is 11.3 Å². The average Bonchev–Trinajstić information content (AvgIpc) is 3.18. The van der Waals surface area contributed by atoms with Crippen molar-refractivity contribution in [1.29, 1.82) is 0 Å². The number of carbonyl (C=O) groups is 1. The number of carbonyl (C=O) groups excluding carboxylic acids is 1. The van der Waals surface area contributed by atoms with Gasteiger partial charge in [-0.15, -0.1) is 0 Å². The van der Waals surface area contributed by atoms with Gasteiger partial charge in [0, 0.05) is 23.4 Å². The number of non-ortho nitro benzene ring substituents is 1. The number of oxazole rings is 1. The number of aryl methyl sites for hydroxylation is 1. The number of rotatable bonds is 4. The molecule has 1 heterocycles. The van der Waals surface area contributed by atoms with Crippen LogP contribution in [0.3, 0.4) is 0 Å². The third-order valence-corrected chi connectivity index (χ3v) is 4.80. The second-order valence-electron chi connectivity index (χ2n) is 6.93. The van der Waals surface area contributed by atoms with Crippen LogP contribution in [0.4, 0.5) is 11.4 Å². The summed E-state index contributed by atoms with van der Waals surface area (Å²) < 4.78 is 5.75. The van der Waals surface area contributed by atoms with Crippen molar-refractivity contribution < 1.29 is 19.2 Å². The standard InChI is InChI=1S/C22H16N4O5S/c1-12-2-9-19-17(10-12)24-21(31-19)16-11-14(5-8-18(16)27)23-22(32)25-20(28)13-3-6-15(7-4-13)26(29)30/h2-11,27H,1H3,(H2,23,25,28,32). The molecule has 3 aromatic carbocycles. The fraction of sp³-hybridized carbons (Fsp3) is 0.0455. The van der Waals surface area contributed by atoms with E-state index in [1.54, 1.807) is 12.1 Å². The Morgan fingerprint density at radius 1 is 1.12 bits per heavy atom. The van der Waals surface area contributed by atoms with Gasteiger partial charge in [0.2, 0.25) is 5.89 Å². The van der Waals surface area contributed by atoms with E-state index in [1.165, 1.54) is 30.3 Å². The van der Waals surface area contributed by atoms with Crippen molar-refractivity contribution in [2.24, 2.45) is 0 Å². The fourth-order valence-corrected chi connectivity index (χ4v) is 3.22. The molecule has 0 radical (unpaired) electrons. The molecular formula is C22H16N4O5S. The number of anilines is 1. The van der Waals surface area contributed by atoms with E-state index in [1.807, 2.05) is 25.1 Å². The average molecular weight is 448 g/mol. The first-order valence-electron chi connectivity index (χ1n) is 9.37. The number of hydrogen-bond acceptors (Lipinski definition) is 7. The summed E-state index contributed by atoms with van der Waals surface area (Å²) in [6.07, 6.45) is 0. The van der Waals surface area contributed by atoms with Gasteiger partial charge in [-0.1, -0.05) is 6.07 Å². The van der Waals surface area contributed by atoms with Crippen LogP contribution < -0.4 is 10.6 Å². The Hall–Kier alpha value is -4.31. The highest BCUT2D eigenvalue weighted by molar-refractivity contribution is 7.80. The first-order valence-corrected chi connectivity index (χ1v) is 9.78. The van der Waals surface area contributed by atoms with Crippen LogP contribution in [0.15, 0.2) is 65.1 Å². The third-order valence-electron chi connectivity index (χ3n) is 4.60. The summed E-state index contributed by atoms with van der Waals surface area (Å²) >= 11 is 5.19. The molecule has 0 aliphatic heterocycles. The molecule has 9 nitrogen and oxygen atoms in total. The normalized spacial score (nSPS) is 10.7. The Balaban J connectivity index is 1.50. The molecule has 4 rings (SSSR count). The van der Waals surface area contributed by atoms with Crippen LogP contribution in [0.1, 0.15) is 15.9 Å². The van der Waals surface area contributed by atoms with Crippen LogP contribution in [-0.2, 0) is 0 Å². The number of nitro benzene ring substituents is 1. The highest BCUT2D eigenvalue weighted by Crippen LogP contribution is 2.33. The number of phenolic OH excluding ortho intramolecular Hbond substituents is 1. The molecule has 0 saturated carbocycles. The molecule has 3 N–H and O–H groups in total. The van der Waals surface area contributed by atoms with Crippen molar-refractivity contribution in [2.75, 3.05) is 5.32 Å². The Bertz CT molecular complexity index is 1360. The number of thiocarbonyl (C=S) groups is 1. The molecule has 0 aliphatic carbocycles. The van der Waals surface area contributed by atoms with E-state index in [0.29, 0.717) is 22.4 Å². The van der Waals surface area contributed by atoms with Crippen LogP contribution in [0.5, 0.6) is 5.75 Å². The summed E-state index contributed by atoms with van der Waals surface area (Å²) in [5.41, 5.74) is 3.24. The molecular weight excluding hydrogens is 432 g/mol. The van der Waals surface area contributed by atoms with E-state index >= 15 is 0 Å². The van der Waals surface area contributed by atoms with Crippen molar-refractivity contribution >= 4 is 45.7 Å². The molecule has 0 aliphatic rings. The summed E-state index contributed by atoms with van der Waals surface area (Å²) in [6.45, 7) is 1.95. The Kier molecular flexibility index (Phi) is 5.52. The number of amides is 1. The number of nitro groups is 1. The number of aromatic nitrogens is 1. The maximum atomic E-state index is 12.3. The Labute approximate surface area is 186 Å². The van der Waals surface area contributed by atoms with Crippen LogP contribution >= 0.6 is 12.2 Å². The number of aromatic hydroxyl groups is 1. The van der Waals surface area contributed by atoms with Gasteiger partial charge in [-0.25, -0.2) is 4.98 Å². The number of phenols is 1. The molecule has 32 heavy (non-hydrogen) atoms. The molecule has 0 unspecified atom stereocenters. The fourth-order valence-electron chi connectivity index (χ4n) is 3.01. The van der Waals surface area contributed by atoms with E-state index < -0.39 is 10.8 Å². The highest BCUT2D eigenvalue weighted by Gasteiger charge is 2.15. The van der Waals surface area contributed by atoms with Crippen molar-refractivity contribution in [3.8, 4) is 17.2 Å². The quantitative estimate of drug-likeness (QED) is 0.179. The van der Waals surface area contributed by atoms with Crippen LogP contribution in [-0.4, -0.2) is 26.0 Å². The van der Waals surface area contributed by atoms with Crippen LogP contribution in [0.25, 0.3) is 22.6 Å². The topological polar surface area (TPSA) is 131 Å². The molecule has 10 heteroatoms. The van der Waals surface area contributed by atoms with Crippen molar-refractivity contribution in [3.63, 3.8) is 0 Å². The molecule has 1 amide bonds. The van der Waals surface area contributed by atoms with Gasteiger partial charge in [0.15, 0.2) is 10.7 Å². The number of benzene rings is 3. The molecule has 0 bridgehead atoms. The molecule has 0 atom stereocenters. The van der Waals surface area contributed by atoms with Gasteiger partial charge >= 0.3 is 0 Å². The smallest absolute Gasteiger partial charge is 0.269 e. The van der Waals surface area contributed by atoms with Gasteiger partial charge < -0.3 is 14.8 Å². The van der Waals surface area contributed by atoms with Crippen molar-refractivity contribution in [3.05, 3.63) is 81.9 Å². The maximum absolute atomic E-state index is 12.3. The Morgan fingerprint density at radius 3 is 2.59 bits per heavy atom. The second kappa shape index (κ2) is 8.44. The van der Waals surface area contributed by atoms with E-state index in [-0.39, 0.29) is 28.0 Å². The third kappa shape index (κ3) is 4.40. The van der Waals surface area contributed by atoms with Crippen LogP contribution in [0.2, 0.25) is 0 Å². The minimum absolute atomic E-state index is 0.0122. The van der Waals surface area contributed by atoms with E-state index in [2.05, 4.69) is 15.6 Å². The zero-order valence-corrected chi connectivity index (χ0v) is 17.5. The van der Waals surface area contributed by atoms with E-state index in [9.17, 15) is 20.0 Å². The molecule has 0 fully saturated rings. The number of hydrogen-bond donors (Lipinski definition) is 3. The predicted octanol–water partition coefficient (Wildman–Crippen LogP) is 4.54.